The molecule has 0 amide bonds. The second-order valence-electron chi connectivity index (χ2n) is 13.3. The number of carbonyl (C=O) groups excluding carboxylic acids is 2. The van der Waals surface area contributed by atoms with Crippen molar-refractivity contribution in [2.75, 3.05) is 13.1 Å². The van der Waals surface area contributed by atoms with E-state index in [4.69, 9.17) is 4.52 Å². The predicted octanol–water partition coefficient (Wildman–Crippen LogP) is 5.78. The van der Waals surface area contributed by atoms with Crippen LogP contribution in [0, 0.1) is 28.4 Å². The average molecular weight is 591 g/mol. The van der Waals surface area contributed by atoms with Crippen LogP contribution in [0.25, 0.3) is 11.3 Å². The minimum Gasteiger partial charge on any atom is -0.390 e. The second-order valence-corrected chi connectivity index (χ2v) is 13.3. The van der Waals surface area contributed by atoms with Crippen LogP contribution in [0.3, 0.4) is 0 Å². The molecule has 3 aromatic rings. The Balaban J connectivity index is 1.32. The summed E-state index contributed by atoms with van der Waals surface area (Å²) in [4.78, 5) is 33.4. The zero-order valence-corrected chi connectivity index (χ0v) is 24.7. The number of halogens is 2. The molecule has 8 nitrogen and oxygen atoms in total. The van der Waals surface area contributed by atoms with E-state index in [1.54, 1.807) is 12.3 Å². The van der Waals surface area contributed by atoms with Gasteiger partial charge in [0.2, 0.25) is 0 Å². The molecule has 0 spiro atoms. The SMILES string of the molecule is CC1(O)CCC(N2CC(CC(=O)CC(C)(C)c3ccnc(C#N)c3)(CC(=O)c3cc(-c4ccc(F)cc4F)on3)C2)CC1. The highest BCUT2D eigenvalue weighted by Gasteiger charge is 2.49. The molecular formula is C33H36F2N4O4. The number of benzene rings is 1. The molecule has 1 aromatic carbocycles. The fourth-order valence-corrected chi connectivity index (χ4v) is 6.59. The van der Waals surface area contributed by atoms with E-state index in [9.17, 15) is 28.7 Å². The first-order valence-electron chi connectivity index (χ1n) is 14.6. The molecule has 43 heavy (non-hydrogen) atoms. The van der Waals surface area contributed by atoms with E-state index < -0.39 is 28.1 Å². The lowest BCUT2D eigenvalue weighted by Crippen LogP contribution is -2.62. The third-order valence-corrected chi connectivity index (χ3v) is 9.02. The van der Waals surface area contributed by atoms with E-state index in [2.05, 4.69) is 15.0 Å². The van der Waals surface area contributed by atoms with Gasteiger partial charge in [-0.2, -0.15) is 5.26 Å². The van der Waals surface area contributed by atoms with Gasteiger partial charge in [0, 0.05) is 62.1 Å². The van der Waals surface area contributed by atoms with Gasteiger partial charge in [-0.25, -0.2) is 13.8 Å². The van der Waals surface area contributed by atoms with E-state index in [1.807, 2.05) is 32.9 Å². The van der Waals surface area contributed by atoms with Gasteiger partial charge in [-0.15, -0.1) is 0 Å². The summed E-state index contributed by atoms with van der Waals surface area (Å²) in [5, 5.41) is 23.5. The molecule has 0 atom stereocenters. The molecule has 0 bridgehead atoms. The van der Waals surface area contributed by atoms with Crippen LogP contribution in [0.4, 0.5) is 8.78 Å². The Labute approximate surface area is 249 Å². The molecule has 0 radical (unpaired) electrons. The van der Waals surface area contributed by atoms with Crippen molar-refractivity contribution in [3.05, 3.63) is 71.2 Å². The third-order valence-electron chi connectivity index (χ3n) is 9.02. The van der Waals surface area contributed by atoms with Gasteiger partial charge < -0.3 is 9.63 Å². The lowest BCUT2D eigenvalue weighted by molar-refractivity contribution is -0.128. The number of Topliss-reactive ketones (excluding diaryl/α,β-unsaturated/α-hetero) is 2. The zero-order chi connectivity index (χ0) is 31.0. The highest BCUT2D eigenvalue weighted by molar-refractivity contribution is 5.96. The number of hydrogen-bond donors (Lipinski definition) is 1. The maximum absolute atomic E-state index is 14.3. The number of likely N-dealkylation sites (tertiary alicyclic amines) is 1. The molecule has 1 N–H and O–H groups in total. The van der Waals surface area contributed by atoms with Gasteiger partial charge in [0.15, 0.2) is 11.5 Å². The summed E-state index contributed by atoms with van der Waals surface area (Å²) >= 11 is 0. The van der Waals surface area contributed by atoms with Crippen molar-refractivity contribution in [2.45, 2.75) is 82.8 Å². The van der Waals surface area contributed by atoms with Crippen molar-refractivity contribution >= 4 is 11.6 Å². The first kappa shape index (κ1) is 30.6. The van der Waals surface area contributed by atoms with Crippen LogP contribution in [-0.2, 0) is 10.2 Å². The molecular weight excluding hydrogens is 554 g/mol. The molecule has 1 aliphatic heterocycles. The Morgan fingerprint density at radius 1 is 1.14 bits per heavy atom. The summed E-state index contributed by atoms with van der Waals surface area (Å²) in [7, 11) is 0. The molecule has 1 saturated heterocycles. The normalized spacial score (nSPS) is 22.0. The highest BCUT2D eigenvalue weighted by atomic mass is 19.1. The highest BCUT2D eigenvalue weighted by Crippen LogP contribution is 2.44. The molecule has 0 unspecified atom stereocenters. The zero-order valence-electron chi connectivity index (χ0n) is 24.7. The summed E-state index contributed by atoms with van der Waals surface area (Å²) in [6.45, 7) is 6.87. The summed E-state index contributed by atoms with van der Waals surface area (Å²) in [6.07, 6.45) is 5.13. The minimum absolute atomic E-state index is 0.00117. The standard InChI is InChI=1S/C33H36F2N4O4/c1-31(2,21-8-11-37-23(12-21)18-36)15-25(40)16-33(19-39(20-33)24-6-9-32(3,42)10-7-24)17-29(41)28-14-30(43-38-28)26-5-4-22(34)13-27(26)35/h4-5,8,11-14,24,42H,6-7,9-10,15-17,19-20H2,1-3H3. The van der Waals surface area contributed by atoms with Gasteiger partial charge in [-0.1, -0.05) is 19.0 Å². The monoisotopic (exact) mass is 590 g/mol. The lowest BCUT2D eigenvalue weighted by Gasteiger charge is -2.55. The fraction of sp³-hybridized carbons (Fsp3) is 0.485. The van der Waals surface area contributed by atoms with Crippen LogP contribution in [-0.4, -0.2) is 56.4 Å². The van der Waals surface area contributed by atoms with Crippen molar-refractivity contribution in [3.63, 3.8) is 0 Å². The van der Waals surface area contributed by atoms with Gasteiger partial charge in [-0.3, -0.25) is 14.5 Å². The summed E-state index contributed by atoms with van der Waals surface area (Å²) in [5.41, 5.74) is -0.671. The Hall–Kier alpha value is -3.81. The number of aromatic nitrogens is 2. The van der Waals surface area contributed by atoms with Gasteiger partial charge in [-0.05, 0) is 67.9 Å². The molecule has 5 rings (SSSR count). The molecule has 3 heterocycles. The van der Waals surface area contributed by atoms with Crippen LogP contribution in [0.2, 0.25) is 0 Å². The van der Waals surface area contributed by atoms with Gasteiger partial charge in [0.25, 0.3) is 0 Å². The van der Waals surface area contributed by atoms with Crippen LogP contribution in [0.15, 0.2) is 47.1 Å². The van der Waals surface area contributed by atoms with Gasteiger partial charge >= 0.3 is 0 Å². The fourth-order valence-electron chi connectivity index (χ4n) is 6.59. The smallest absolute Gasteiger partial charge is 0.185 e. The molecule has 2 aliphatic rings. The van der Waals surface area contributed by atoms with Crippen LogP contribution >= 0.6 is 0 Å². The predicted molar refractivity (Wildman–Crippen MR) is 154 cm³/mol. The number of nitrogens with zero attached hydrogens (tertiary/aromatic N) is 4. The van der Waals surface area contributed by atoms with Crippen molar-refractivity contribution in [1.82, 2.24) is 15.0 Å². The van der Waals surface area contributed by atoms with Crippen molar-refractivity contribution in [2.24, 2.45) is 5.41 Å². The van der Waals surface area contributed by atoms with Gasteiger partial charge in [0.1, 0.15) is 34.9 Å². The summed E-state index contributed by atoms with van der Waals surface area (Å²) < 4.78 is 32.9. The Morgan fingerprint density at radius 2 is 1.86 bits per heavy atom. The lowest BCUT2D eigenvalue weighted by atomic mass is 9.68. The van der Waals surface area contributed by atoms with Crippen molar-refractivity contribution < 1.29 is 28.0 Å². The third kappa shape index (κ3) is 6.89. The number of pyridine rings is 1. The molecule has 2 fully saturated rings. The topological polar surface area (TPSA) is 120 Å². The van der Waals surface area contributed by atoms with E-state index in [0.29, 0.717) is 25.9 Å². The molecule has 2 aromatic heterocycles. The largest absolute Gasteiger partial charge is 0.390 e. The van der Waals surface area contributed by atoms with Gasteiger partial charge in [0.05, 0.1) is 11.2 Å². The first-order chi connectivity index (χ1) is 20.3. The molecule has 1 aliphatic carbocycles. The summed E-state index contributed by atoms with van der Waals surface area (Å²) in [5.74, 6) is -1.84. The van der Waals surface area contributed by atoms with E-state index >= 15 is 0 Å². The number of ketones is 2. The Bertz CT molecular complexity index is 1560. The van der Waals surface area contributed by atoms with E-state index in [0.717, 1.165) is 30.5 Å². The maximum atomic E-state index is 14.3. The average Bonchev–Trinajstić information content (AvgIpc) is 3.41. The Kier molecular flexibility index (Phi) is 8.34. The number of carbonyl (C=O) groups is 2. The minimum atomic E-state index is -0.822. The number of aliphatic hydroxyl groups is 1. The first-order valence-corrected chi connectivity index (χ1v) is 14.6. The number of hydrogen-bond acceptors (Lipinski definition) is 8. The van der Waals surface area contributed by atoms with E-state index in [-0.39, 0.29) is 59.6 Å². The van der Waals surface area contributed by atoms with Crippen molar-refractivity contribution in [1.29, 1.82) is 5.26 Å². The van der Waals surface area contributed by atoms with Crippen molar-refractivity contribution in [3.8, 4) is 17.4 Å². The van der Waals surface area contributed by atoms with Crippen LogP contribution in [0.5, 0.6) is 0 Å². The van der Waals surface area contributed by atoms with Crippen LogP contribution in [0.1, 0.15) is 87.5 Å². The number of rotatable bonds is 10. The Morgan fingerprint density at radius 3 is 2.53 bits per heavy atom. The van der Waals surface area contributed by atoms with E-state index in [1.165, 1.54) is 12.1 Å². The molecule has 10 heteroatoms. The van der Waals surface area contributed by atoms with Crippen LogP contribution < -0.4 is 0 Å². The second kappa shape index (κ2) is 11.7. The summed E-state index contributed by atoms with van der Waals surface area (Å²) in [6, 6.07) is 10.2. The molecule has 226 valence electrons. The quantitative estimate of drug-likeness (QED) is 0.295. The number of nitriles is 1. The maximum Gasteiger partial charge on any atom is 0.185 e. The molecule has 1 saturated carbocycles.